The summed E-state index contributed by atoms with van der Waals surface area (Å²) in [6.45, 7) is 2.84. The lowest BCUT2D eigenvalue weighted by molar-refractivity contribution is 0.415. The number of benzene rings is 1. The van der Waals surface area contributed by atoms with E-state index in [1.807, 2.05) is 38.2 Å². The molecule has 0 spiro atoms. The van der Waals surface area contributed by atoms with Crippen LogP contribution in [-0.2, 0) is 0 Å². The first kappa shape index (κ1) is 15.3. The molecule has 0 heterocycles. The summed E-state index contributed by atoms with van der Waals surface area (Å²) in [6.07, 6.45) is 2.32. The van der Waals surface area contributed by atoms with Crippen molar-refractivity contribution >= 4 is 5.69 Å². The van der Waals surface area contributed by atoms with Crippen molar-refractivity contribution in [3.8, 4) is 11.8 Å². The van der Waals surface area contributed by atoms with E-state index in [1.165, 1.54) is 0 Å². The molecule has 0 fully saturated rings. The second kappa shape index (κ2) is 7.01. The number of ether oxygens (including phenoxy) is 1. The van der Waals surface area contributed by atoms with Crippen LogP contribution >= 0.6 is 0 Å². The Morgan fingerprint density at radius 2 is 2.00 bits per heavy atom. The lowest BCUT2D eigenvalue weighted by Crippen LogP contribution is -2.38. The normalized spacial score (nSPS) is 13.4. The molecule has 0 aliphatic carbocycles. The molecular weight excluding hydrogens is 238 g/mol. The van der Waals surface area contributed by atoms with E-state index in [0.717, 1.165) is 30.8 Å². The third kappa shape index (κ3) is 4.46. The molecule has 1 unspecified atom stereocenters. The number of nitrogens with zero attached hydrogens (tertiary/aromatic N) is 2. The van der Waals surface area contributed by atoms with Crippen molar-refractivity contribution in [2.75, 3.05) is 25.6 Å². The first-order chi connectivity index (χ1) is 9.04. The van der Waals surface area contributed by atoms with Gasteiger partial charge in [-0.2, -0.15) is 5.26 Å². The first-order valence-corrected chi connectivity index (χ1v) is 6.60. The summed E-state index contributed by atoms with van der Waals surface area (Å²) in [5.74, 6) is 0.855. The molecule has 0 radical (unpaired) electrons. The Kier molecular flexibility index (Phi) is 5.65. The predicted molar refractivity (Wildman–Crippen MR) is 78.3 cm³/mol. The fraction of sp³-hybridized carbons (Fsp3) is 0.533. The Balaban J connectivity index is 2.47. The second-order valence-corrected chi connectivity index (χ2v) is 4.84. The highest BCUT2D eigenvalue weighted by atomic mass is 16.5. The number of anilines is 1. The minimum Gasteiger partial charge on any atom is -0.497 e. The van der Waals surface area contributed by atoms with Crippen molar-refractivity contribution in [2.24, 2.45) is 5.73 Å². The Bertz CT molecular complexity index is 424. The van der Waals surface area contributed by atoms with Crippen LogP contribution in [0.25, 0.3) is 0 Å². The Morgan fingerprint density at radius 1 is 1.37 bits per heavy atom. The quantitative estimate of drug-likeness (QED) is 0.819. The molecule has 1 rings (SSSR count). The van der Waals surface area contributed by atoms with E-state index in [-0.39, 0.29) is 0 Å². The van der Waals surface area contributed by atoms with E-state index in [0.29, 0.717) is 6.42 Å². The Hall–Kier alpha value is -1.73. The van der Waals surface area contributed by atoms with Crippen molar-refractivity contribution in [1.29, 1.82) is 5.26 Å². The van der Waals surface area contributed by atoms with Gasteiger partial charge in [-0.05, 0) is 43.5 Å². The van der Waals surface area contributed by atoms with Gasteiger partial charge >= 0.3 is 0 Å². The average molecular weight is 261 g/mol. The molecule has 0 aliphatic rings. The fourth-order valence-corrected chi connectivity index (χ4v) is 1.91. The van der Waals surface area contributed by atoms with E-state index in [4.69, 9.17) is 15.7 Å². The summed E-state index contributed by atoms with van der Waals surface area (Å²) >= 11 is 0. The highest BCUT2D eigenvalue weighted by Crippen LogP contribution is 2.19. The molecule has 0 saturated carbocycles. The standard InChI is InChI=1S/C15H23N3O/c1-4-15(17,12-16)10-5-11-18(2)13-6-8-14(19-3)9-7-13/h6-9H,4-5,10-11,17H2,1-3H3. The molecule has 4 heteroatoms. The van der Waals surface area contributed by atoms with Gasteiger partial charge in [0.2, 0.25) is 0 Å². The Morgan fingerprint density at radius 3 is 2.47 bits per heavy atom. The Labute approximate surface area is 115 Å². The van der Waals surface area contributed by atoms with Crippen LogP contribution in [0.2, 0.25) is 0 Å². The van der Waals surface area contributed by atoms with Gasteiger partial charge in [0.05, 0.1) is 13.2 Å². The number of nitrogens with two attached hydrogens (primary N) is 1. The number of nitriles is 1. The van der Waals surface area contributed by atoms with Crippen LogP contribution in [0.15, 0.2) is 24.3 Å². The van der Waals surface area contributed by atoms with Crippen molar-refractivity contribution in [3.63, 3.8) is 0 Å². The summed E-state index contributed by atoms with van der Waals surface area (Å²) in [5.41, 5.74) is 6.42. The predicted octanol–water partition coefficient (Wildman–Crippen LogP) is 2.54. The van der Waals surface area contributed by atoms with Gasteiger partial charge in [-0.1, -0.05) is 6.92 Å². The molecule has 0 amide bonds. The molecule has 0 bridgehead atoms. The largest absolute Gasteiger partial charge is 0.497 e. The summed E-state index contributed by atoms with van der Waals surface area (Å²) in [5, 5.41) is 9.02. The van der Waals surface area contributed by atoms with Crippen LogP contribution in [0.1, 0.15) is 26.2 Å². The molecule has 1 aromatic rings. The lowest BCUT2D eigenvalue weighted by atomic mass is 9.93. The molecule has 0 saturated heterocycles. The fourth-order valence-electron chi connectivity index (χ4n) is 1.91. The van der Waals surface area contributed by atoms with Crippen LogP contribution < -0.4 is 15.4 Å². The van der Waals surface area contributed by atoms with Gasteiger partial charge in [0.1, 0.15) is 11.3 Å². The van der Waals surface area contributed by atoms with Crippen LogP contribution in [0.4, 0.5) is 5.69 Å². The zero-order valence-electron chi connectivity index (χ0n) is 12.0. The van der Waals surface area contributed by atoms with E-state index < -0.39 is 5.54 Å². The average Bonchev–Trinajstić information content (AvgIpc) is 2.47. The van der Waals surface area contributed by atoms with Crippen LogP contribution in [0.5, 0.6) is 5.75 Å². The highest BCUT2D eigenvalue weighted by Gasteiger charge is 2.21. The molecule has 1 atom stereocenters. The van der Waals surface area contributed by atoms with Crippen molar-refractivity contribution < 1.29 is 4.74 Å². The van der Waals surface area contributed by atoms with Crippen LogP contribution in [0.3, 0.4) is 0 Å². The van der Waals surface area contributed by atoms with E-state index in [1.54, 1.807) is 7.11 Å². The molecule has 4 nitrogen and oxygen atoms in total. The van der Waals surface area contributed by atoms with E-state index in [2.05, 4.69) is 11.0 Å². The summed E-state index contributed by atoms with van der Waals surface area (Å²) in [4.78, 5) is 2.16. The molecule has 1 aromatic carbocycles. The topological polar surface area (TPSA) is 62.3 Å². The van der Waals surface area contributed by atoms with Crippen molar-refractivity contribution in [1.82, 2.24) is 0 Å². The third-order valence-corrected chi connectivity index (χ3v) is 3.48. The maximum absolute atomic E-state index is 9.02. The zero-order chi connectivity index (χ0) is 14.3. The molecule has 2 N–H and O–H groups in total. The monoisotopic (exact) mass is 261 g/mol. The molecule has 0 aromatic heterocycles. The SMILES string of the molecule is CCC(N)(C#N)CCCN(C)c1ccc(OC)cc1. The molecule has 104 valence electrons. The lowest BCUT2D eigenvalue weighted by Gasteiger charge is -2.23. The van der Waals surface area contributed by atoms with Crippen molar-refractivity contribution in [2.45, 2.75) is 31.7 Å². The minimum absolute atomic E-state index is 0.680. The van der Waals surface area contributed by atoms with Gasteiger partial charge in [-0.15, -0.1) is 0 Å². The van der Waals surface area contributed by atoms with Gasteiger partial charge in [0, 0.05) is 19.3 Å². The first-order valence-electron chi connectivity index (χ1n) is 6.60. The van der Waals surface area contributed by atoms with Crippen LogP contribution in [0, 0.1) is 11.3 Å². The van der Waals surface area contributed by atoms with E-state index in [9.17, 15) is 0 Å². The summed E-state index contributed by atoms with van der Waals surface area (Å²) in [6, 6.07) is 10.1. The zero-order valence-corrected chi connectivity index (χ0v) is 12.0. The smallest absolute Gasteiger partial charge is 0.119 e. The summed E-state index contributed by atoms with van der Waals surface area (Å²) < 4.78 is 5.13. The van der Waals surface area contributed by atoms with Gasteiger partial charge in [0.25, 0.3) is 0 Å². The second-order valence-electron chi connectivity index (χ2n) is 4.84. The molecule has 0 aliphatic heterocycles. The maximum Gasteiger partial charge on any atom is 0.119 e. The minimum atomic E-state index is -0.680. The number of rotatable bonds is 7. The summed E-state index contributed by atoms with van der Waals surface area (Å²) in [7, 11) is 3.70. The van der Waals surface area contributed by atoms with Gasteiger partial charge in [-0.3, -0.25) is 0 Å². The molecular formula is C15H23N3O. The number of methoxy groups -OCH3 is 1. The number of hydrogen-bond acceptors (Lipinski definition) is 4. The van der Waals surface area contributed by atoms with E-state index >= 15 is 0 Å². The van der Waals surface area contributed by atoms with Gasteiger partial charge in [-0.25, -0.2) is 0 Å². The maximum atomic E-state index is 9.02. The van der Waals surface area contributed by atoms with Crippen molar-refractivity contribution in [3.05, 3.63) is 24.3 Å². The van der Waals surface area contributed by atoms with Gasteiger partial charge in [0.15, 0.2) is 0 Å². The molecule has 19 heavy (non-hydrogen) atoms. The highest BCUT2D eigenvalue weighted by molar-refractivity contribution is 5.48. The third-order valence-electron chi connectivity index (χ3n) is 3.48. The van der Waals surface area contributed by atoms with Gasteiger partial charge < -0.3 is 15.4 Å². The number of hydrogen-bond donors (Lipinski definition) is 1. The van der Waals surface area contributed by atoms with Crippen LogP contribution in [-0.4, -0.2) is 26.2 Å².